The molecule has 0 radical (unpaired) electrons. The van der Waals surface area contributed by atoms with Crippen LogP contribution in [-0.2, 0) is 0 Å². The molecule has 0 saturated carbocycles. The van der Waals surface area contributed by atoms with Crippen LogP contribution in [0, 0.1) is 11.8 Å². The van der Waals surface area contributed by atoms with Crippen molar-refractivity contribution in [2.24, 2.45) is 11.8 Å². The highest BCUT2D eigenvalue weighted by atomic mass is 14.0. The van der Waals surface area contributed by atoms with E-state index in [0.29, 0.717) is 0 Å². The van der Waals surface area contributed by atoms with Crippen LogP contribution in [0.25, 0.3) is 0 Å². The molecule has 0 fully saturated rings. The molecule has 0 spiro atoms. The molecule has 0 aliphatic carbocycles. The lowest BCUT2D eigenvalue weighted by molar-refractivity contribution is 0.516. The third-order valence-electron chi connectivity index (χ3n) is 3.47. The molecule has 0 heterocycles. The second kappa shape index (κ2) is 13.2. The van der Waals surface area contributed by atoms with E-state index in [2.05, 4.69) is 39.8 Å². The van der Waals surface area contributed by atoms with E-state index in [1.165, 1.54) is 64.2 Å². The van der Waals surface area contributed by atoms with Crippen molar-refractivity contribution in [2.75, 3.05) is 0 Å². The van der Waals surface area contributed by atoms with E-state index in [9.17, 15) is 0 Å². The molecule has 18 heavy (non-hydrogen) atoms. The number of hydrogen-bond donors (Lipinski definition) is 0. The van der Waals surface area contributed by atoms with E-state index in [1.807, 2.05) is 0 Å². The Hall–Kier alpha value is -0.260. The van der Waals surface area contributed by atoms with Crippen molar-refractivity contribution in [3.05, 3.63) is 12.2 Å². The molecule has 0 amide bonds. The Morgan fingerprint density at radius 1 is 0.556 bits per heavy atom. The standard InChI is InChI=1S/C18H36/c1-17(2)15-13-11-9-7-5-6-8-10-12-14-16-18(3)4/h7,9,17-18H,5-6,8,10-16H2,1-4H3/b9-7+. The zero-order valence-corrected chi connectivity index (χ0v) is 13.4. The van der Waals surface area contributed by atoms with Crippen molar-refractivity contribution in [2.45, 2.75) is 91.9 Å². The Morgan fingerprint density at radius 3 is 1.61 bits per heavy atom. The fourth-order valence-electron chi connectivity index (χ4n) is 2.22. The molecular formula is C18H36. The van der Waals surface area contributed by atoms with Gasteiger partial charge in [-0.25, -0.2) is 0 Å². The van der Waals surface area contributed by atoms with E-state index in [0.717, 1.165) is 11.8 Å². The van der Waals surface area contributed by atoms with E-state index in [-0.39, 0.29) is 0 Å². The zero-order chi connectivity index (χ0) is 13.6. The topological polar surface area (TPSA) is 0 Å². The Bertz CT molecular complexity index is 176. The summed E-state index contributed by atoms with van der Waals surface area (Å²) in [6.45, 7) is 9.26. The van der Waals surface area contributed by atoms with Gasteiger partial charge in [-0.1, -0.05) is 78.4 Å². The Balaban J connectivity index is 3.08. The molecule has 0 aromatic heterocycles. The van der Waals surface area contributed by atoms with Crippen LogP contribution < -0.4 is 0 Å². The second-order valence-electron chi connectivity index (χ2n) is 6.54. The second-order valence-corrected chi connectivity index (χ2v) is 6.54. The van der Waals surface area contributed by atoms with Gasteiger partial charge in [-0.2, -0.15) is 0 Å². The van der Waals surface area contributed by atoms with Crippen LogP contribution in [0.4, 0.5) is 0 Å². The van der Waals surface area contributed by atoms with E-state index >= 15 is 0 Å². The molecule has 0 saturated heterocycles. The highest BCUT2D eigenvalue weighted by molar-refractivity contribution is 4.81. The van der Waals surface area contributed by atoms with Gasteiger partial charge in [0.1, 0.15) is 0 Å². The monoisotopic (exact) mass is 252 g/mol. The summed E-state index contributed by atoms with van der Waals surface area (Å²) in [5, 5.41) is 0. The predicted octanol–water partition coefficient (Wildman–Crippen LogP) is 6.76. The van der Waals surface area contributed by atoms with Crippen LogP contribution in [-0.4, -0.2) is 0 Å². The molecule has 0 aromatic rings. The number of unbranched alkanes of at least 4 members (excludes halogenated alkanes) is 6. The van der Waals surface area contributed by atoms with E-state index in [4.69, 9.17) is 0 Å². The molecule has 0 bridgehead atoms. The highest BCUT2D eigenvalue weighted by Crippen LogP contribution is 2.12. The first-order valence-electron chi connectivity index (χ1n) is 8.28. The smallest absolute Gasteiger partial charge is 0.0351 e. The summed E-state index contributed by atoms with van der Waals surface area (Å²) in [5.74, 6) is 1.75. The summed E-state index contributed by atoms with van der Waals surface area (Å²) in [6.07, 6.45) is 18.6. The number of hydrogen-bond acceptors (Lipinski definition) is 0. The van der Waals surface area contributed by atoms with Crippen LogP contribution in [0.15, 0.2) is 12.2 Å². The average Bonchev–Trinajstić information content (AvgIpc) is 2.29. The SMILES string of the molecule is CC(C)CCC/C=C/CCCCCCCC(C)C. The van der Waals surface area contributed by atoms with Gasteiger partial charge < -0.3 is 0 Å². The van der Waals surface area contributed by atoms with Crippen LogP contribution in [0.3, 0.4) is 0 Å². The molecule has 108 valence electrons. The van der Waals surface area contributed by atoms with Gasteiger partial charge in [0.05, 0.1) is 0 Å². The van der Waals surface area contributed by atoms with Crippen molar-refractivity contribution in [3.63, 3.8) is 0 Å². The lowest BCUT2D eigenvalue weighted by Gasteiger charge is -2.03. The fraction of sp³-hybridized carbons (Fsp3) is 0.889. The van der Waals surface area contributed by atoms with Gasteiger partial charge in [0.25, 0.3) is 0 Å². The Labute approximate surface area is 116 Å². The zero-order valence-electron chi connectivity index (χ0n) is 13.4. The van der Waals surface area contributed by atoms with Crippen molar-refractivity contribution in [1.82, 2.24) is 0 Å². The normalized spacial score (nSPS) is 12.1. The quantitative estimate of drug-likeness (QED) is 0.266. The van der Waals surface area contributed by atoms with Crippen molar-refractivity contribution in [3.8, 4) is 0 Å². The van der Waals surface area contributed by atoms with Gasteiger partial charge in [0.2, 0.25) is 0 Å². The maximum atomic E-state index is 2.40. The largest absolute Gasteiger partial charge is 0.0885 e. The molecule has 0 aliphatic rings. The summed E-state index contributed by atoms with van der Waals surface area (Å²) < 4.78 is 0. The first kappa shape index (κ1) is 17.7. The Morgan fingerprint density at radius 2 is 1.00 bits per heavy atom. The molecule has 0 heteroatoms. The molecular weight excluding hydrogens is 216 g/mol. The summed E-state index contributed by atoms with van der Waals surface area (Å²) in [5.41, 5.74) is 0. The molecule has 0 N–H and O–H groups in total. The van der Waals surface area contributed by atoms with Gasteiger partial charge in [0.15, 0.2) is 0 Å². The highest BCUT2D eigenvalue weighted by Gasteiger charge is 1.94. The van der Waals surface area contributed by atoms with Crippen LogP contribution >= 0.6 is 0 Å². The first-order chi connectivity index (χ1) is 8.63. The fourth-order valence-corrected chi connectivity index (χ4v) is 2.22. The number of rotatable bonds is 12. The maximum absolute atomic E-state index is 2.40. The molecule has 0 rings (SSSR count). The number of allylic oxidation sites excluding steroid dienone is 2. The predicted molar refractivity (Wildman–Crippen MR) is 85.0 cm³/mol. The minimum atomic E-state index is 0.865. The Kier molecular flexibility index (Phi) is 13.0. The first-order valence-corrected chi connectivity index (χ1v) is 8.28. The maximum Gasteiger partial charge on any atom is -0.0351 e. The van der Waals surface area contributed by atoms with Gasteiger partial charge in [-0.15, -0.1) is 0 Å². The van der Waals surface area contributed by atoms with Crippen molar-refractivity contribution < 1.29 is 0 Å². The van der Waals surface area contributed by atoms with Crippen molar-refractivity contribution in [1.29, 1.82) is 0 Å². The van der Waals surface area contributed by atoms with E-state index < -0.39 is 0 Å². The average molecular weight is 252 g/mol. The molecule has 0 unspecified atom stereocenters. The minimum absolute atomic E-state index is 0.865. The van der Waals surface area contributed by atoms with Gasteiger partial charge in [-0.05, 0) is 37.5 Å². The van der Waals surface area contributed by atoms with E-state index in [1.54, 1.807) is 0 Å². The third-order valence-corrected chi connectivity index (χ3v) is 3.47. The molecule has 0 aliphatic heterocycles. The van der Waals surface area contributed by atoms with Gasteiger partial charge in [-0.3, -0.25) is 0 Å². The summed E-state index contributed by atoms with van der Waals surface area (Å²) in [4.78, 5) is 0. The van der Waals surface area contributed by atoms with Crippen LogP contribution in [0.1, 0.15) is 91.9 Å². The van der Waals surface area contributed by atoms with Gasteiger partial charge >= 0.3 is 0 Å². The van der Waals surface area contributed by atoms with Crippen LogP contribution in [0.5, 0.6) is 0 Å². The lowest BCUT2D eigenvalue weighted by atomic mass is 10.0. The summed E-state index contributed by atoms with van der Waals surface area (Å²) in [6, 6.07) is 0. The molecule has 0 nitrogen and oxygen atoms in total. The summed E-state index contributed by atoms with van der Waals surface area (Å²) >= 11 is 0. The lowest BCUT2D eigenvalue weighted by Crippen LogP contribution is -1.87. The minimum Gasteiger partial charge on any atom is -0.0885 e. The molecule has 0 aromatic carbocycles. The van der Waals surface area contributed by atoms with Crippen LogP contribution in [0.2, 0.25) is 0 Å². The summed E-state index contributed by atoms with van der Waals surface area (Å²) in [7, 11) is 0. The van der Waals surface area contributed by atoms with Crippen molar-refractivity contribution >= 4 is 0 Å². The molecule has 0 atom stereocenters. The third kappa shape index (κ3) is 15.7. The van der Waals surface area contributed by atoms with Gasteiger partial charge in [0, 0.05) is 0 Å².